The van der Waals surface area contributed by atoms with Crippen molar-refractivity contribution < 1.29 is 14.7 Å². The van der Waals surface area contributed by atoms with E-state index in [0.29, 0.717) is 32.4 Å². The topological polar surface area (TPSA) is 66.9 Å². The molecule has 0 aliphatic carbocycles. The number of likely N-dealkylation sites (tertiary alicyclic amines) is 1. The van der Waals surface area contributed by atoms with Crippen molar-refractivity contribution in [2.75, 3.05) is 39.8 Å². The van der Waals surface area contributed by atoms with E-state index in [4.69, 9.17) is 0 Å². The van der Waals surface area contributed by atoms with Crippen LogP contribution in [0.5, 0.6) is 0 Å². The molecule has 0 atom stereocenters. The van der Waals surface area contributed by atoms with Gasteiger partial charge < -0.3 is 19.7 Å². The summed E-state index contributed by atoms with van der Waals surface area (Å²) < 4.78 is 0. The Morgan fingerprint density at radius 3 is 2.32 bits per heavy atom. The summed E-state index contributed by atoms with van der Waals surface area (Å²) in [5.41, 5.74) is -0.482. The van der Waals surface area contributed by atoms with Crippen LogP contribution in [0.1, 0.15) is 52.9 Å². The van der Waals surface area contributed by atoms with Crippen LogP contribution in [0.15, 0.2) is 0 Å². The van der Waals surface area contributed by atoms with E-state index in [2.05, 4.69) is 16.7 Å². The van der Waals surface area contributed by atoms with Gasteiger partial charge in [0.05, 0.1) is 13.1 Å². The van der Waals surface area contributed by atoms with Gasteiger partial charge in [0, 0.05) is 25.6 Å². The van der Waals surface area contributed by atoms with Crippen LogP contribution in [0.2, 0.25) is 0 Å². The minimum absolute atomic E-state index is 0.0474. The molecule has 6 nitrogen and oxygen atoms in total. The molecule has 0 aromatic heterocycles. The average molecular weight is 350 g/mol. The summed E-state index contributed by atoms with van der Waals surface area (Å²) in [4.78, 5) is 28.5. The van der Waals surface area contributed by atoms with Gasteiger partial charge in [-0.15, -0.1) is 0 Å². The van der Waals surface area contributed by atoms with Gasteiger partial charge in [-0.1, -0.05) is 11.8 Å². The molecule has 0 spiro atoms. The van der Waals surface area contributed by atoms with E-state index >= 15 is 0 Å². The Balaban J connectivity index is 2.22. The summed E-state index contributed by atoms with van der Waals surface area (Å²) in [5, 5.41) is 11.1. The number of hydrogen-bond acceptors (Lipinski definition) is 4. The summed E-state index contributed by atoms with van der Waals surface area (Å²) in [5.74, 6) is 6.23. The van der Waals surface area contributed by atoms with Gasteiger partial charge in [-0.3, -0.25) is 9.69 Å². The zero-order valence-electron chi connectivity index (χ0n) is 16.1. The number of carboxylic acid groups (broad SMARTS) is 1. The van der Waals surface area contributed by atoms with Crippen LogP contribution in [0.3, 0.4) is 0 Å². The quantitative estimate of drug-likeness (QED) is 0.510. The third-order valence-corrected chi connectivity index (χ3v) is 4.42. The highest BCUT2D eigenvalue weighted by Gasteiger charge is 2.20. The highest BCUT2D eigenvalue weighted by molar-refractivity contribution is 5.76. The average Bonchev–Trinajstić information content (AvgIpc) is 3.02. The summed E-state index contributed by atoms with van der Waals surface area (Å²) in [7, 11) is 1.76. The molecule has 1 rings (SSSR count). The lowest BCUT2D eigenvalue weighted by atomic mass is 10.1. The van der Waals surface area contributed by atoms with Crippen LogP contribution >= 0.6 is 0 Å². The summed E-state index contributed by atoms with van der Waals surface area (Å²) in [6.07, 6.45) is 3.06. The van der Waals surface area contributed by atoms with E-state index in [9.17, 15) is 14.7 Å². The molecule has 1 fully saturated rings. The number of hydrogen-bond donors (Lipinski definition) is 0. The Morgan fingerprint density at radius 1 is 1.12 bits per heavy atom. The van der Waals surface area contributed by atoms with Gasteiger partial charge in [0.2, 0.25) is 5.91 Å². The second-order valence-electron chi connectivity index (χ2n) is 7.63. The minimum atomic E-state index is -1.16. The molecule has 0 N–H and O–H groups in total. The fraction of sp³-hybridized carbons (Fsp3) is 0.789. The lowest BCUT2D eigenvalue weighted by molar-refractivity contribution is -0.270. The van der Waals surface area contributed by atoms with Crippen molar-refractivity contribution >= 4 is 12.0 Å². The van der Waals surface area contributed by atoms with Crippen molar-refractivity contribution in [1.29, 1.82) is 0 Å². The number of unbranched alkanes of at least 4 members (excludes halogenated alkanes) is 1. The van der Waals surface area contributed by atoms with Gasteiger partial charge in [0.1, 0.15) is 6.09 Å². The first-order chi connectivity index (χ1) is 11.7. The van der Waals surface area contributed by atoms with Crippen molar-refractivity contribution in [3.05, 3.63) is 0 Å². The van der Waals surface area contributed by atoms with Gasteiger partial charge in [0.25, 0.3) is 0 Å². The Morgan fingerprint density at radius 2 is 1.76 bits per heavy atom. The van der Waals surface area contributed by atoms with E-state index in [-0.39, 0.29) is 5.91 Å². The molecule has 25 heavy (non-hydrogen) atoms. The van der Waals surface area contributed by atoms with Crippen molar-refractivity contribution in [1.82, 2.24) is 14.7 Å². The lowest BCUT2D eigenvalue weighted by Gasteiger charge is -2.38. The Kier molecular flexibility index (Phi) is 8.77. The zero-order chi connectivity index (χ0) is 18.9. The molecule has 1 aliphatic heterocycles. The van der Waals surface area contributed by atoms with Gasteiger partial charge in [-0.2, -0.15) is 0 Å². The van der Waals surface area contributed by atoms with E-state index < -0.39 is 11.6 Å². The van der Waals surface area contributed by atoms with Gasteiger partial charge in [-0.05, 0) is 59.5 Å². The van der Waals surface area contributed by atoms with E-state index in [1.807, 2.05) is 20.8 Å². The number of carbonyl (C=O) groups is 2. The fourth-order valence-electron chi connectivity index (χ4n) is 2.81. The predicted octanol–water partition coefficient (Wildman–Crippen LogP) is 1.16. The van der Waals surface area contributed by atoms with Crippen molar-refractivity contribution in [3.8, 4) is 11.8 Å². The first-order valence-corrected chi connectivity index (χ1v) is 9.12. The molecular formula is C19H32N3O3-. The molecule has 142 valence electrons. The second-order valence-corrected chi connectivity index (χ2v) is 7.63. The molecule has 0 unspecified atom stereocenters. The fourth-order valence-corrected chi connectivity index (χ4v) is 2.81. The molecule has 0 aromatic rings. The van der Waals surface area contributed by atoms with E-state index in [1.165, 1.54) is 17.7 Å². The predicted molar refractivity (Wildman–Crippen MR) is 96.8 cm³/mol. The maximum Gasteiger partial charge on any atom is 0.223 e. The first-order valence-electron chi connectivity index (χ1n) is 9.12. The molecule has 2 amide bonds. The van der Waals surface area contributed by atoms with Crippen molar-refractivity contribution in [2.24, 2.45) is 0 Å². The number of rotatable bonds is 7. The molecular weight excluding hydrogens is 318 g/mol. The van der Waals surface area contributed by atoms with E-state index in [0.717, 1.165) is 19.6 Å². The normalized spacial score (nSPS) is 14.7. The van der Waals surface area contributed by atoms with Crippen molar-refractivity contribution in [2.45, 2.75) is 58.4 Å². The SMILES string of the molecule is CN(CC#CCN1CCCC1)C(=O)CCCCN(C(=O)[O-])C(C)(C)C. The highest BCUT2D eigenvalue weighted by atomic mass is 16.4. The highest BCUT2D eigenvalue weighted by Crippen LogP contribution is 2.14. The van der Waals surface area contributed by atoms with Crippen LogP contribution in [-0.2, 0) is 4.79 Å². The Hall–Kier alpha value is -1.74. The van der Waals surface area contributed by atoms with Crippen LogP contribution < -0.4 is 5.11 Å². The Bertz CT molecular complexity index is 496. The van der Waals surface area contributed by atoms with Gasteiger partial charge in [-0.25, -0.2) is 0 Å². The number of amides is 2. The molecule has 0 bridgehead atoms. The largest absolute Gasteiger partial charge is 0.530 e. The maximum absolute atomic E-state index is 12.1. The van der Waals surface area contributed by atoms with Crippen molar-refractivity contribution in [3.63, 3.8) is 0 Å². The zero-order valence-corrected chi connectivity index (χ0v) is 16.1. The monoisotopic (exact) mass is 350 g/mol. The van der Waals surface area contributed by atoms with Gasteiger partial charge in [0.15, 0.2) is 0 Å². The molecule has 0 radical (unpaired) electrons. The number of carbonyl (C=O) groups excluding carboxylic acids is 2. The van der Waals surface area contributed by atoms with Crippen LogP contribution in [-0.4, -0.2) is 72.0 Å². The second kappa shape index (κ2) is 10.3. The first kappa shape index (κ1) is 21.3. The summed E-state index contributed by atoms with van der Waals surface area (Å²) in [6.45, 7) is 9.38. The van der Waals surface area contributed by atoms with Crippen LogP contribution in [0.4, 0.5) is 4.79 Å². The molecule has 6 heteroatoms. The number of nitrogens with zero attached hydrogens (tertiary/aromatic N) is 3. The standard InChI is InChI=1S/C19H33N3O3/c1-19(2,3)22(18(24)25)16-6-5-11-17(23)20(4)12-7-8-13-21-14-9-10-15-21/h5-6,9-16H2,1-4H3,(H,24,25)/p-1. The molecule has 1 heterocycles. The van der Waals surface area contributed by atoms with E-state index in [1.54, 1.807) is 11.9 Å². The molecule has 0 aromatic carbocycles. The smallest absolute Gasteiger partial charge is 0.223 e. The molecule has 0 saturated carbocycles. The third kappa shape index (κ3) is 8.26. The Labute approximate surface area is 152 Å². The minimum Gasteiger partial charge on any atom is -0.530 e. The lowest BCUT2D eigenvalue weighted by Crippen LogP contribution is -2.51. The maximum atomic E-state index is 12.1. The van der Waals surface area contributed by atoms with Gasteiger partial charge >= 0.3 is 0 Å². The third-order valence-electron chi connectivity index (χ3n) is 4.42. The molecule has 1 saturated heterocycles. The van der Waals surface area contributed by atoms with Crippen LogP contribution in [0.25, 0.3) is 0 Å². The summed E-state index contributed by atoms with van der Waals surface area (Å²) in [6, 6.07) is 0. The van der Waals surface area contributed by atoms with Crippen LogP contribution in [0, 0.1) is 11.8 Å². The molecule has 1 aliphatic rings. The summed E-state index contributed by atoms with van der Waals surface area (Å²) >= 11 is 0.